The summed E-state index contributed by atoms with van der Waals surface area (Å²) in [5.41, 5.74) is 3.45. The number of anilines is 2. The standard InChI is InChI=1S/C24H21N5O2.C2HF3O2/c25-14-17-5-4-6-18(13-17)22(30)29-11-9-24(10-12-29)20-15-26-23(28-21(20)16-31-24)27-19-7-2-1-3-8-19;3-2(4,5)1(6)7/h1-8,13,15H,9-12,16H2,(H,26,27,28);(H,6,7). The first kappa shape index (κ1) is 26.6. The van der Waals surface area contributed by atoms with E-state index in [4.69, 9.17) is 19.9 Å². The highest BCUT2D eigenvalue weighted by Crippen LogP contribution is 2.43. The second kappa shape index (κ2) is 10.9. The summed E-state index contributed by atoms with van der Waals surface area (Å²) in [7, 11) is 0. The van der Waals surface area contributed by atoms with E-state index in [2.05, 4.69) is 21.4 Å². The number of fused-ring (bicyclic) bond motifs is 2. The molecule has 12 heteroatoms. The molecule has 1 saturated heterocycles. The number of piperidine rings is 1. The van der Waals surface area contributed by atoms with E-state index in [9.17, 15) is 18.0 Å². The fourth-order valence-electron chi connectivity index (χ4n) is 4.29. The Hall–Kier alpha value is -4.50. The number of alkyl halides is 3. The lowest BCUT2D eigenvalue weighted by Crippen LogP contribution is -2.45. The number of rotatable bonds is 3. The molecular formula is C26H22F3N5O4. The van der Waals surface area contributed by atoms with Gasteiger partial charge in [0.2, 0.25) is 5.95 Å². The topological polar surface area (TPSA) is 128 Å². The van der Waals surface area contributed by atoms with E-state index in [-0.39, 0.29) is 5.91 Å². The van der Waals surface area contributed by atoms with Crippen LogP contribution in [0.1, 0.15) is 40.0 Å². The van der Waals surface area contributed by atoms with E-state index >= 15 is 0 Å². The molecule has 0 radical (unpaired) electrons. The number of para-hydroxylation sites is 1. The summed E-state index contributed by atoms with van der Waals surface area (Å²) in [6.07, 6.45) is -1.84. The van der Waals surface area contributed by atoms with Gasteiger partial charge in [-0.2, -0.15) is 18.4 Å². The molecule has 0 aliphatic carbocycles. The number of benzene rings is 2. The van der Waals surface area contributed by atoms with Crippen LogP contribution in [0.25, 0.3) is 0 Å². The molecule has 1 aromatic heterocycles. The number of hydrogen-bond acceptors (Lipinski definition) is 7. The van der Waals surface area contributed by atoms with Crippen LogP contribution in [-0.2, 0) is 21.7 Å². The normalized spacial score (nSPS) is 15.6. The first-order chi connectivity index (χ1) is 18.1. The molecule has 0 saturated carbocycles. The molecule has 5 rings (SSSR count). The van der Waals surface area contributed by atoms with Gasteiger partial charge in [-0.05, 0) is 43.2 Å². The minimum Gasteiger partial charge on any atom is -0.475 e. The van der Waals surface area contributed by atoms with Crippen molar-refractivity contribution in [2.45, 2.75) is 31.2 Å². The van der Waals surface area contributed by atoms with Crippen molar-refractivity contribution in [3.8, 4) is 6.07 Å². The predicted octanol–water partition coefficient (Wildman–Crippen LogP) is 4.39. The van der Waals surface area contributed by atoms with Crippen LogP contribution in [0.15, 0.2) is 60.8 Å². The number of carbonyl (C=O) groups is 2. The van der Waals surface area contributed by atoms with Crippen LogP contribution in [0.2, 0.25) is 0 Å². The summed E-state index contributed by atoms with van der Waals surface area (Å²) >= 11 is 0. The number of ether oxygens (including phenoxy) is 1. The number of carboxylic acids is 1. The molecule has 196 valence electrons. The maximum Gasteiger partial charge on any atom is 0.490 e. The average molecular weight is 525 g/mol. The van der Waals surface area contributed by atoms with Crippen molar-refractivity contribution < 1.29 is 32.6 Å². The summed E-state index contributed by atoms with van der Waals surface area (Å²) in [4.78, 5) is 32.8. The number of hydrogen-bond donors (Lipinski definition) is 2. The average Bonchev–Trinajstić information content (AvgIpc) is 3.26. The fourth-order valence-corrected chi connectivity index (χ4v) is 4.29. The first-order valence-electron chi connectivity index (χ1n) is 11.5. The maximum atomic E-state index is 12.9. The van der Waals surface area contributed by atoms with Gasteiger partial charge in [0, 0.05) is 36.1 Å². The van der Waals surface area contributed by atoms with E-state index in [1.807, 2.05) is 41.4 Å². The van der Waals surface area contributed by atoms with Gasteiger partial charge in [0.15, 0.2) is 0 Å². The van der Waals surface area contributed by atoms with Crippen LogP contribution in [0, 0.1) is 11.3 Å². The largest absolute Gasteiger partial charge is 0.490 e. The number of aromatic nitrogens is 2. The van der Waals surface area contributed by atoms with Gasteiger partial charge >= 0.3 is 12.1 Å². The van der Waals surface area contributed by atoms with E-state index in [0.717, 1.165) is 16.9 Å². The third-order valence-electron chi connectivity index (χ3n) is 6.21. The number of nitrogens with one attached hydrogen (secondary N) is 1. The van der Waals surface area contributed by atoms with Crippen LogP contribution in [0.3, 0.4) is 0 Å². The van der Waals surface area contributed by atoms with E-state index in [1.54, 1.807) is 24.3 Å². The van der Waals surface area contributed by atoms with Crippen molar-refractivity contribution in [3.63, 3.8) is 0 Å². The van der Waals surface area contributed by atoms with Gasteiger partial charge in [0.1, 0.15) is 5.60 Å². The zero-order valence-corrected chi connectivity index (χ0v) is 19.9. The Morgan fingerprint density at radius 2 is 1.79 bits per heavy atom. The van der Waals surface area contributed by atoms with Gasteiger partial charge in [-0.25, -0.2) is 14.8 Å². The van der Waals surface area contributed by atoms with Gasteiger partial charge in [0.05, 0.1) is 23.9 Å². The Bertz CT molecular complexity index is 1370. The third kappa shape index (κ3) is 5.90. The molecule has 3 aromatic rings. The molecule has 9 nitrogen and oxygen atoms in total. The summed E-state index contributed by atoms with van der Waals surface area (Å²) in [5.74, 6) is -2.26. The highest BCUT2D eigenvalue weighted by Gasteiger charge is 2.44. The molecule has 2 aliphatic rings. The maximum absolute atomic E-state index is 12.9. The zero-order valence-electron chi connectivity index (χ0n) is 19.9. The lowest BCUT2D eigenvalue weighted by Gasteiger charge is -2.39. The SMILES string of the molecule is N#Cc1cccc(C(=O)N2CCC3(CC2)OCc2nc(Nc4ccccc4)ncc23)c1.O=C(O)C(F)(F)F. The zero-order chi connectivity index (χ0) is 27.3. The Kier molecular flexibility index (Phi) is 7.59. The molecule has 1 fully saturated rings. The Morgan fingerprint density at radius 3 is 2.42 bits per heavy atom. The number of nitrogens with zero attached hydrogens (tertiary/aromatic N) is 4. The van der Waals surface area contributed by atoms with Gasteiger partial charge in [-0.3, -0.25) is 4.79 Å². The molecule has 0 unspecified atom stereocenters. The highest BCUT2D eigenvalue weighted by atomic mass is 19.4. The van der Waals surface area contributed by atoms with Crippen LogP contribution < -0.4 is 5.32 Å². The van der Waals surface area contributed by atoms with Crippen molar-refractivity contribution in [2.75, 3.05) is 18.4 Å². The van der Waals surface area contributed by atoms with Gasteiger partial charge in [-0.15, -0.1) is 0 Å². The summed E-state index contributed by atoms with van der Waals surface area (Å²) in [6.45, 7) is 1.61. The lowest BCUT2D eigenvalue weighted by molar-refractivity contribution is -0.192. The first-order valence-corrected chi connectivity index (χ1v) is 11.5. The summed E-state index contributed by atoms with van der Waals surface area (Å²) < 4.78 is 38.0. The molecule has 2 aliphatic heterocycles. The Morgan fingerprint density at radius 1 is 1.11 bits per heavy atom. The van der Waals surface area contributed by atoms with E-state index in [1.165, 1.54) is 0 Å². The van der Waals surface area contributed by atoms with Crippen LogP contribution >= 0.6 is 0 Å². The van der Waals surface area contributed by atoms with Crippen LogP contribution in [0.4, 0.5) is 24.8 Å². The van der Waals surface area contributed by atoms with Crippen molar-refractivity contribution in [3.05, 3.63) is 83.2 Å². The molecule has 1 amide bonds. The number of nitriles is 1. The quantitative estimate of drug-likeness (QED) is 0.515. The molecule has 0 atom stereocenters. The molecule has 3 heterocycles. The highest BCUT2D eigenvalue weighted by molar-refractivity contribution is 5.94. The Labute approximate surface area is 215 Å². The monoisotopic (exact) mass is 525 g/mol. The number of aliphatic carboxylic acids is 1. The molecule has 0 bridgehead atoms. The van der Waals surface area contributed by atoms with Crippen molar-refractivity contribution >= 4 is 23.5 Å². The van der Waals surface area contributed by atoms with Gasteiger partial charge in [0.25, 0.3) is 5.91 Å². The summed E-state index contributed by atoms with van der Waals surface area (Å²) in [6, 6.07) is 18.7. The third-order valence-corrected chi connectivity index (χ3v) is 6.21. The molecule has 2 aromatic carbocycles. The van der Waals surface area contributed by atoms with Crippen LogP contribution in [-0.4, -0.2) is 51.1 Å². The predicted molar refractivity (Wildman–Crippen MR) is 128 cm³/mol. The molecule has 38 heavy (non-hydrogen) atoms. The number of halogens is 3. The number of carboxylic acid groups (broad SMARTS) is 1. The molecular weight excluding hydrogens is 503 g/mol. The van der Waals surface area contributed by atoms with E-state index in [0.29, 0.717) is 49.6 Å². The smallest absolute Gasteiger partial charge is 0.475 e. The van der Waals surface area contributed by atoms with Crippen molar-refractivity contribution in [1.29, 1.82) is 5.26 Å². The number of amides is 1. The van der Waals surface area contributed by atoms with Gasteiger partial charge < -0.3 is 20.1 Å². The minimum atomic E-state index is -5.08. The number of likely N-dealkylation sites (tertiary alicyclic amines) is 1. The van der Waals surface area contributed by atoms with Crippen molar-refractivity contribution in [2.24, 2.45) is 0 Å². The summed E-state index contributed by atoms with van der Waals surface area (Å²) in [5, 5.41) is 19.4. The number of carbonyl (C=O) groups excluding carboxylic acids is 1. The Balaban J connectivity index is 0.000000426. The second-order valence-electron chi connectivity index (χ2n) is 8.62. The van der Waals surface area contributed by atoms with Crippen molar-refractivity contribution in [1.82, 2.24) is 14.9 Å². The van der Waals surface area contributed by atoms with E-state index < -0.39 is 17.7 Å². The second-order valence-corrected chi connectivity index (χ2v) is 8.62. The molecule has 2 N–H and O–H groups in total. The lowest BCUT2D eigenvalue weighted by atomic mass is 9.85. The fraction of sp³-hybridized carbons (Fsp3) is 0.269. The van der Waals surface area contributed by atoms with Crippen LogP contribution in [0.5, 0.6) is 0 Å². The molecule has 1 spiro atoms. The van der Waals surface area contributed by atoms with Gasteiger partial charge in [-0.1, -0.05) is 24.3 Å². The minimum absolute atomic E-state index is 0.0520.